The number of hydrogen-bond donors (Lipinski definition) is 7. The van der Waals surface area contributed by atoms with Crippen LogP contribution >= 0.6 is 139 Å². The molecule has 10 aromatic rings. The number of carbonyl (C=O) groups is 6. The molecule has 0 saturated carbocycles. The minimum Gasteiger partial charge on any atom is -0.496 e. The molecule has 33 heteroatoms. The van der Waals surface area contributed by atoms with Crippen molar-refractivity contribution in [2.75, 3.05) is 144 Å². The van der Waals surface area contributed by atoms with Crippen LogP contribution < -0.4 is 42.4 Å². The summed E-state index contributed by atoms with van der Waals surface area (Å²) >= 11 is 71.4. The summed E-state index contributed by atoms with van der Waals surface area (Å²) in [6, 6.07) is 47.8. The average Bonchev–Trinajstić information content (AvgIpc) is 0.843. The van der Waals surface area contributed by atoms with Gasteiger partial charge in [-0.3, -0.25) is 53.9 Å². The van der Waals surface area contributed by atoms with Crippen molar-refractivity contribution in [3.05, 3.63) is 291 Å². The largest absolute Gasteiger partial charge is 0.496 e. The summed E-state index contributed by atoms with van der Waals surface area (Å²) in [5, 5.41) is 24.6. The first-order valence-electron chi connectivity index (χ1n) is 45.6. The Hall–Kier alpha value is -8.37. The van der Waals surface area contributed by atoms with Gasteiger partial charge in [0.15, 0.2) is 0 Å². The Morgan fingerprint density at radius 3 is 0.949 bits per heavy atom. The number of hydrogen-bond acceptors (Lipinski definition) is 15. The lowest BCUT2D eigenvalue weighted by Gasteiger charge is -2.25. The molecule has 0 atom stereocenters. The number of piperidine rings is 4. The highest BCUT2D eigenvalue weighted by molar-refractivity contribution is 6.38. The normalized spacial score (nSPS) is 13.5. The SMILES string of the molecule is COc1cc(Cl)c(C)cc1C.Cc1c(Cl)cc(NC(=O)CN2CCCCC2)cc1Cl.Cc1c(Cl)cc(NC(=O)CN2CCCCC2)cc1Cl.Cc1ccc(N)cc1Cl.Cc1ccc(NC(=O)CN(C)C)cc1Cl.Cc1ccc(NC(=O)CN2CCCCC2)cc1Cl.Cc1ccc(NC(=O)CN2CCCCC2)cc1Cl.Cc1ccc(NC(=O)OCc2ccccc2)cc1Cl.Cc1ncc(Cl)c(C)c1Cl. The van der Waals surface area contributed by atoms with Gasteiger partial charge in [-0.15, -0.1) is 0 Å². The average molecular weight is 2130 g/mol. The number of methoxy groups -OCH3 is 1. The summed E-state index contributed by atoms with van der Waals surface area (Å²) in [5.74, 6) is 0.852. The Morgan fingerprint density at radius 2 is 0.638 bits per heavy atom. The van der Waals surface area contributed by atoms with Crippen molar-refractivity contribution in [1.29, 1.82) is 0 Å². The van der Waals surface area contributed by atoms with Crippen LogP contribution in [0.25, 0.3) is 0 Å². The Morgan fingerprint density at radius 1 is 0.333 bits per heavy atom. The highest BCUT2D eigenvalue weighted by Crippen LogP contribution is 2.33. The fraction of sp³-hybridized carbons (Fsp3) is 0.381. The Kier molecular flexibility index (Phi) is 53.9. The fourth-order valence-electron chi connectivity index (χ4n) is 13.9. The van der Waals surface area contributed by atoms with Crippen LogP contribution in [0.3, 0.4) is 0 Å². The van der Waals surface area contributed by atoms with E-state index in [9.17, 15) is 28.8 Å². The molecular formula is C105H129Cl12N13O8. The van der Waals surface area contributed by atoms with E-state index in [2.05, 4.69) is 56.5 Å². The smallest absolute Gasteiger partial charge is 0.411 e. The summed E-state index contributed by atoms with van der Waals surface area (Å²) in [5.41, 5.74) is 22.0. The third kappa shape index (κ3) is 45.3. The number of pyridine rings is 1. The number of aryl methyl sites for hydroxylation is 8. The van der Waals surface area contributed by atoms with E-state index in [1.54, 1.807) is 74.0 Å². The second-order valence-corrected chi connectivity index (χ2v) is 39.1. The second-order valence-electron chi connectivity index (χ2n) is 34.2. The lowest BCUT2D eigenvalue weighted by molar-refractivity contribution is -0.118. The number of benzene rings is 9. The first kappa shape index (κ1) is 118. The zero-order valence-corrected chi connectivity index (χ0v) is 90.1. The number of nitrogen functional groups attached to an aromatic ring is 1. The maximum Gasteiger partial charge on any atom is 0.411 e. The fourth-order valence-corrected chi connectivity index (χ4v) is 16.3. The van der Waals surface area contributed by atoms with Crippen LogP contribution in [0.5, 0.6) is 5.75 Å². The van der Waals surface area contributed by atoms with Crippen LogP contribution in [0, 0.1) is 76.2 Å². The van der Waals surface area contributed by atoms with Crippen LogP contribution in [0.2, 0.25) is 60.3 Å². The van der Waals surface area contributed by atoms with E-state index in [0.29, 0.717) is 106 Å². The number of likely N-dealkylation sites (N-methyl/N-ethyl adjacent to an activating group) is 1. The van der Waals surface area contributed by atoms with Crippen molar-refractivity contribution in [2.24, 2.45) is 0 Å². The number of rotatable bonds is 19. The number of nitrogens with one attached hydrogen (secondary N) is 6. The molecule has 4 aliphatic heterocycles. The van der Waals surface area contributed by atoms with E-state index >= 15 is 0 Å². The predicted molar refractivity (Wildman–Crippen MR) is 582 cm³/mol. The first-order chi connectivity index (χ1) is 65.5. The summed E-state index contributed by atoms with van der Waals surface area (Å²) in [6.07, 6.45) is 15.7. The van der Waals surface area contributed by atoms with Gasteiger partial charge in [0, 0.05) is 96.2 Å². The highest BCUT2D eigenvalue weighted by Gasteiger charge is 2.21. The summed E-state index contributed by atoms with van der Waals surface area (Å²) in [4.78, 5) is 85.2. The monoisotopic (exact) mass is 2120 g/mol. The third-order valence-corrected chi connectivity index (χ3v) is 27.1. The molecule has 746 valence electrons. The van der Waals surface area contributed by atoms with E-state index in [0.717, 1.165) is 152 Å². The molecule has 0 bridgehead atoms. The molecule has 4 saturated heterocycles. The number of ether oxygens (including phenoxy) is 2. The molecular weight excluding hydrogens is 2000 g/mol. The van der Waals surface area contributed by atoms with Crippen LogP contribution in [0.1, 0.15) is 144 Å². The zero-order chi connectivity index (χ0) is 102. The van der Waals surface area contributed by atoms with E-state index in [-0.39, 0.29) is 36.1 Å². The first-order valence-corrected chi connectivity index (χ1v) is 50.1. The molecule has 5 heterocycles. The van der Waals surface area contributed by atoms with Gasteiger partial charge in [-0.25, -0.2) is 4.79 Å². The number of amides is 6. The topological polar surface area (TPSA) is 248 Å². The number of aromatic nitrogens is 1. The molecule has 0 spiro atoms. The van der Waals surface area contributed by atoms with Crippen molar-refractivity contribution in [2.45, 2.75) is 160 Å². The Balaban J connectivity index is 0.000000241. The van der Waals surface area contributed by atoms with E-state index in [1.807, 2.05) is 192 Å². The number of carbonyl (C=O) groups excluding carboxylic acids is 6. The van der Waals surface area contributed by atoms with Crippen molar-refractivity contribution in [3.8, 4) is 5.75 Å². The Bertz CT molecular complexity index is 5360. The summed E-state index contributed by atoms with van der Waals surface area (Å²) in [7, 11) is 5.34. The van der Waals surface area contributed by atoms with Crippen molar-refractivity contribution in [3.63, 3.8) is 0 Å². The van der Waals surface area contributed by atoms with E-state index in [4.69, 9.17) is 154 Å². The van der Waals surface area contributed by atoms with E-state index < -0.39 is 6.09 Å². The second kappa shape index (κ2) is 62.8. The predicted octanol–water partition coefficient (Wildman–Crippen LogP) is 28.3. The molecule has 0 aliphatic carbocycles. The van der Waals surface area contributed by atoms with Gasteiger partial charge in [-0.05, 0) is 346 Å². The molecule has 138 heavy (non-hydrogen) atoms. The highest BCUT2D eigenvalue weighted by atomic mass is 35.5. The van der Waals surface area contributed by atoms with Gasteiger partial charge in [0.05, 0.1) is 55.6 Å². The van der Waals surface area contributed by atoms with Crippen molar-refractivity contribution >= 4 is 215 Å². The quantitative estimate of drug-likeness (QED) is 0.0372. The molecule has 0 unspecified atom stereocenters. The van der Waals surface area contributed by atoms with Gasteiger partial charge < -0.3 is 46.7 Å². The zero-order valence-electron chi connectivity index (χ0n) is 81.0. The summed E-state index contributed by atoms with van der Waals surface area (Å²) < 4.78 is 10.2. The molecule has 21 nitrogen and oxygen atoms in total. The van der Waals surface area contributed by atoms with Crippen LogP contribution in [-0.2, 0) is 35.3 Å². The minimum absolute atomic E-state index is 0.0158. The molecule has 4 aliphatic rings. The maximum atomic E-state index is 11.9. The maximum absolute atomic E-state index is 11.9. The molecule has 14 rings (SSSR count). The molecule has 8 N–H and O–H groups in total. The van der Waals surface area contributed by atoms with Crippen molar-refractivity contribution in [1.82, 2.24) is 29.5 Å². The van der Waals surface area contributed by atoms with Gasteiger partial charge in [0.1, 0.15) is 12.4 Å². The van der Waals surface area contributed by atoms with E-state index in [1.165, 1.54) is 77.0 Å². The number of likely N-dealkylation sites (tertiary alicyclic amines) is 4. The molecule has 0 radical (unpaired) electrons. The van der Waals surface area contributed by atoms with Crippen LogP contribution in [0.4, 0.5) is 44.6 Å². The van der Waals surface area contributed by atoms with Gasteiger partial charge in [0.25, 0.3) is 0 Å². The lowest BCUT2D eigenvalue weighted by Crippen LogP contribution is -2.36. The van der Waals surface area contributed by atoms with Gasteiger partial charge >= 0.3 is 6.09 Å². The van der Waals surface area contributed by atoms with Gasteiger partial charge in [0.2, 0.25) is 29.5 Å². The number of halogens is 12. The third-order valence-electron chi connectivity index (χ3n) is 22.1. The molecule has 9 aromatic carbocycles. The number of nitrogens with zero attached hydrogens (tertiary/aromatic N) is 6. The molecule has 1 aromatic heterocycles. The van der Waals surface area contributed by atoms with Crippen LogP contribution in [0.15, 0.2) is 164 Å². The standard InChI is InChI=1S/C15H14ClNO2.2C14H18Cl2N2O.2C14H19ClN2O.C11H15ClN2O.C9H11ClO.C7H7Cl2N.C7H8ClN/c1-11-7-8-13(9-14(11)16)17-15(18)19-10-12-5-3-2-4-6-12;2*1-10-12(15)7-11(8-13(10)16)17-14(19)9-18-5-3-2-4-6-18;2*1-11-5-6-12(9-13(11)15)16-14(18)10-17-7-3-2-4-8-17;1-8-4-5-9(6-10(8)12)13-11(15)7-14(2)3;1-6-4-7(2)9(11-3)5-8(6)10;1-4-6(8)3-10-5(2)7(4)9;1-5-2-3-6(9)4-7(5)8/h2-9H,10H2,1H3,(H,17,18);2*7-8H,2-6,9H2,1H3,(H,17,19);2*5-6,9H,2-4,7-8,10H2,1H3,(H,16,18);4-6H,7H2,1-3H3,(H,13,15);4-5H,1-3H3;3H,1-2H3;2-4H,9H2,1H3. The minimum atomic E-state index is -0.497. The Labute approximate surface area is 875 Å². The van der Waals surface area contributed by atoms with Crippen LogP contribution in [-0.4, -0.2) is 171 Å². The van der Waals surface area contributed by atoms with Crippen molar-refractivity contribution < 1.29 is 38.2 Å². The summed E-state index contributed by atoms with van der Waals surface area (Å²) in [6.45, 7) is 31.6. The van der Waals surface area contributed by atoms with Gasteiger partial charge in [-0.1, -0.05) is 232 Å². The lowest BCUT2D eigenvalue weighted by atomic mass is 10.1. The molecule has 4 fully saturated rings. The number of nitrogens with two attached hydrogens (primary N) is 1. The number of anilines is 7. The van der Waals surface area contributed by atoms with Gasteiger partial charge in [-0.2, -0.15) is 0 Å². The molecule has 6 amide bonds.